The highest BCUT2D eigenvalue weighted by Gasteiger charge is 2.17. The van der Waals surface area contributed by atoms with E-state index in [1.54, 1.807) is 4.89 Å². The van der Waals surface area contributed by atoms with Gasteiger partial charge in [-0.05, 0) is 12.1 Å². The SMILES string of the molecule is O=S(=O)(NOS)c1ccccc1F. The summed E-state index contributed by atoms with van der Waals surface area (Å²) in [5.74, 6) is -0.847. The van der Waals surface area contributed by atoms with E-state index in [0.717, 1.165) is 12.1 Å². The van der Waals surface area contributed by atoms with E-state index in [0.29, 0.717) is 0 Å². The molecule has 0 aromatic heterocycles. The molecule has 0 radical (unpaired) electrons. The minimum Gasteiger partial charge on any atom is -0.220 e. The molecule has 7 heteroatoms. The Morgan fingerprint density at radius 1 is 1.38 bits per heavy atom. The third-order valence-electron chi connectivity index (χ3n) is 1.27. The summed E-state index contributed by atoms with van der Waals surface area (Å²) in [5, 5.41) is 0. The third kappa shape index (κ3) is 2.41. The summed E-state index contributed by atoms with van der Waals surface area (Å²) in [6.45, 7) is 0. The zero-order valence-electron chi connectivity index (χ0n) is 6.27. The van der Waals surface area contributed by atoms with E-state index in [-0.39, 0.29) is 0 Å². The van der Waals surface area contributed by atoms with Gasteiger partial charge in [0.05, 0.1) is 0 Å². The van der Waals surface area contributed by atoms with Crippen LogP contribution in [0.3, 0.4) is 0 Å². The van der Waals surface area contributed by atoms with Crippen molar-refractivity contribution in [3.05, 3.63) is 30.1 Å². The lowest BCUT2D eigenvalue weighted by atomic mass is 10.4. The average molecular weight is 223 g/mol. The van der Waals surface area contributed by atoms with E-state index >= 15 is 0 Å². The lowest BCUT2D eigenvalue weighted by Gasteiger charge is -2.03. The smallest absolute Gasteiger partial charge is 0.220 e. The molecular weight excluding hydrogens is 217 g/mol. The Morgan fingerprint density at radius 3 is 2.54 bits per heavy atom. The molecular formula is C6H6FNO3S2. The van der Waals surface area contributed by atoms with Crippen LogP contribution in [0, 0.1) is 5.82 Å². The van der Waals surface area contributed by atoms with Crippen LogP contribution in [0.4, 0.5) is 4.39 Å². The summed E-state index contributed by atoms with van der Waals surface area (Å²) in [5.41, 5.74) is 0. The number of thiol groups is 1. The number of benzene rings is 1. The standard InChI is InChI=1S/C6H6FNO3S2/c7-5-3-1-2-4-6(5)13(9,10)8-11-12/h1-4,8,12H. The fourth-order valence-corrected chi connectivity index (χ4v) is 1.82. The van der Waals surface area contributed by atoms with E-state index < -0.39 is 20.7 Å². The Balaban J connectivity index is 3.15. The molecule has 1 aromatic carbocycles. The maximum Gasteiger partial charge on any atom is 0.266 e. The highest BCUT2D eigenvalue weighted by Crippen LogP contribution is 2.12. The predicted octanol–water partition coefficient (Wildman–Crippen LogP) is 0.880. The van der Waals surface area contributed by atoms with Crippen molar-refractivity contribution >= 4 is 22.9 Å². The highest BCUT2D eigenvalue weighted by molar-refractivity contribution is 7.89. The van der Waals surface area contributed by atoms with E-state index in [2.05, 4.69) is 17.2 Å². The monoisotopic (exact) mass is 223 g/mol. The molecule has 0 saturated carbocycles. The first-order valence-corrected chi connectivity index (χ1v) is 4.99. The summed E-state index contributed by atoms with van der Waals surface area (Å²) < 4.78 is 39.1. The van der Waals surface area contributed by atoms with Crippen molar-refractivity contribution in [2.24, 2.45) is 0 Å². The maximum absolute atomic E-state index is 12.9. The molecule has 0 heterocycles. The molecule has 1 aromatic rings. The van der Waals surface area contributed by atoms with E-state index in [4.69, 9.17) is 0 Å². The van der Waals surface area contributed by atoms with E-state index in [1.807, 2.05) is 0 Å². The number of rotatable bonds is 3. The van der Waals surface area contributed by atoms with Crippen LogP contribution in [0.1, 0.15) is 0 Å². The largest absolute Gasteiger partial charge is 0.266 e. The molecule has 0 fully saturated rings. The van der Waals surface area contributed by atoms with Crippen molar-refractivity contribution < 1.29 is 17.1 Å². The molecule has 72 valence electrons. The topological polar surface area (TPSA) is 55.4 Å². The van der Waals surface area contributed by atoms with Gasteiger partial charge in [0, 0.05) is 12.9 Å². The first kappa shape index (κ1) is 10.5. The molecule has 0 amide bonds. The van der Waals surface area contributed by atoms with Crippen molar-refractivity contribution in [3.63, 3.8) is 0 Å². The molecule has 0 bridgehead atoms. The normalized spacial score (nSPS) is 11.5. The maximum atomic E-state index is 12.9. The number of hydrogen-bond acceptors (Lipinski definition) is 4. The van der Waals surface area contributed by atoms with Crippen molar-refractivity contribution in [1.29, 1.82) is 0 Å². The molecule has 13 heavy (non-hydrogen) atoms. The van der Waals surface area contributed by atoms with Gasteiger partial charge in [0.25, 0.3) is 10.0 Å². The molecule has 1 rings (SSSR count). The third-order valence-corrected chi connectivity index (χ3v) is 2.70. The van der Waals surface area contributed by atoms with Gasteiger partial charge >= 0.3 is 0 Å². The molecule has 0 saturated heterocycles. The second kappa shape index (κ2) is 4.05. The lowest BCUT2D eigenvalue weighted by Crippen LogP contribution is -2.21. The minimum atomic E-state index is -3.96. The van der Waals surface area contributed by atoms with Gasteiger partial charge < -0.3 is 0 Å². The Bertz CT molecular complexity index is 393. The van der Waals surface area contributed by atoms with Crippen LogP contribution in [0.2, 0.25) is 0 Å². The second-order valence-corrected chi connectivity index (χ2v) is 3.90. The fourth-order valence-electron chi connectivity index (χ4n) is 0.757. The zero-order chi connectivity index (χ0) is 9.90. The fraction of sp³-hybridized carbons (Fsp3) is 0. The summed E-state index contributed by atoms with van der Waals surface area (Å²) in [6, 6.07) is 4.93. The summed E-state index contributed by atoms with van der Waals surface area (Å²) in [7, 11) is -3.96. The Labute approximate surface area is 80.3 Å². The quantitative estimate of drug-likeness (QED) is 0.454. The zero-order valence-corrected chi connectivity index (χ0v) is 7.98. The van der Waals surface area contributed by atoms with Gasteiger partial charge in [-0.25, -0.2) is 17.1 Å². The number of sulfonamides is 1. The van der Waals surface area contributed by atoms with Crippen LogP contribution in [0.25, 0.3) is 0 Å². The first-order chi connectivity index (χ1) is 6.08. The molecule has 0 atom stereocenters. The molecule has 0 aliphatic carbocycles. The molecule has 1 N–H and O–H groups in total. The van der Waals surface area contributed by atoms with Crippen LogP contribution >= 0.6 is 12.9 Å². The average Bonchev–Trinajstić information content (AvgIpc) is 2.04. The Hall–Kier alpha value is -0.630. The van der Waals surface area contributed by atoms with Gasteiger partial charge in [-0.2, -0.15) is 0 Å². The number of hydrogen-bond donors (Lipinski definition) is 2. The van der Waals surface area contributed by atoms with Crippen LogP contribution < -0.4 is 4.89 Å². The summed E-state index contributed by atoms with van der Waals surface area (Å²) >= 11 is 3.19. The molecule has 0 unspecified atom stereocenters. The van der Waals surface area contributed by atoms with Gasteiger partial charge in [0.1, 0.15) is 10.7 Å². The van der Waals surface area contributed by atoms with Gasteiger partial charge in [-0.3, -0.25) is 0 Å². The van der Waals surface area contributed by atoms with Crippen LogP contribution in [-0.2, 0) is 14.3 Å². The highest BCUT2D eigenvalue weighted by atomic mass is 32.2. The van der Waals surface area contributed by atoms with Gasteiger partial charge in [-0.15, -0.1) is 0 Å². The Morgan fingerprint density at radius 2 is 2.00 bits per heavy atom. The molecule has 0 spiro atoms. The minimum absolute atomic E-state index is 0.482. The van der Waals surface area contributed by atoms with Crippen LogP contribution in [-0.4, -0.2) is 8.42 Å². The van der Waals surface area contributed by atoms with Gasteiger partial charge in [-0.1, -0.05) is 17.0 Å². The van der Waals surface area contributed by atoms with Crippen molar-refractivity contribution in [2.75, 3.05) is 0 Å². The van der Waals surface area contributed by atoms with E-state index in [1.165, 1.54) is 12.1 Å². The van der Waals surface area contributed by atoms with Crippen molar-refractivity contribution in [3.8, 4) is 0 Å². The number of nitrogens with one attached hydrogen (secondary N) is 1. The van der Waals surface area contributed by atoms with Crippen LogP contribution in [0.5, 0.6) is 0 Å². The second-order valence-electron chi connectivity index (χ2n) is 2.11. The van der Waals surface area contributed by atoms with Gasteiger partial charge in [0.2, 0.25) is 0 Å². The van der Waals surface area contributed by atoms with Crippen molar-refractivity contribution in [2.45, 2.75) is 4.90 Å². The predicted molar refractivity (Wildman–Crippen MR) is 46.8 cm³/mol. The Kier molecular flexibility index (Phi) is 3.26. The number of halogens is 1. The van der Waals surface area contributed by atoms with Crippen LogP contribution in [0.15, 0.2) is 29.2 Å². The molecule has 4 nitrogen and oxygen atoms in total. The molecule has 0 aliphatic rings. The van der Waals surface area contributed by atoms with Gasteiger partial charge in [0.15, 0.2) is 0 Å². The van der Waals surface area contributed by atoms with Crippen molar-refractivity contribution in [1.82, 2.24) is 4.89 Å². The summed E-state index contributed by atoms with van der Waals surface area (Å²) in [4.78, 5) is 1.09. The summed E-state index contributed by atoms with van der Waals surface area (Å²) in [6.07, 6.45) is 0. The first-order valence-electron chi connectivity index (χ1n) is 3.14. The van der Waals surface area contributed by atoms with E-state index in [9.17, 15) is 12.8 Å². The lowest BCUT2D eigenvalue weighted by molar-refractivity contribution is 0.326. The molecule has 0 aliphatic heterocycles.